The summed E-state index contributed by atoms with van der Waals surface area (Å²) >= 11 is 1.58. The Bertz CT molecular complexity index is 1000. The summed E-state index contributed by atoms with van der Waals surface area (Å²) < 4.78 is 12.8. The maximum Gasteiger partial charge on any atom is 0.272 e. The number of aromatic nitrogens is 3. The summed E-state index contributed by atoms with van der Waals surface area (Å²) in [5, 5.41) is 10.8. The van der Waals surface area contributed by atoms with Crippen LogP contribution >= 0.6 is 11.8 Å². The van der Waals surface area contributed by atoms with Crippen molar-refractivity contribution in [2.24, 2.45) is 0 Å². The molecule has 3 aromatic rings. The molecule has 7 nitrogen and oxygen atoms in total. The highest BCUT2D eigenvalue weighted by Crippen LogP contribution is 2.25. The number of amides is 1. The summed E-state index contributed by atoms with van der Waals surface area (Å²) in [5.74, 6) is 2.65. The quantitative estimate of drug-likeness (QED) is 0.660. The Morgan fingerprint density at radius 1 is 1.14 bits per heavy atom. The Morgan fingerprint density at radius 2 is 1.96 bits per heavy atom. The lowest BCUT2D eigenvalue weighted by Gasteiger charge is -2.29. The molecule has 144 valence electrons. The first-order chi connectivity index (χ1) is 13.7. The number of hydrogen-bond acceptors (Lipinski definition) is 6. The molecule has 1 amide bonds. The van der Waals surface area contributed by atoms with Gasteiger partial charge in [-0.25, -0.2) is 9.69 Å². The van der Waals surface area contributed by atoms with Crippen molar-refractivity contribution in [1.29, 1.82) is 0 Å². The van der Waals surface area contributed by atoms with E-state index in [0.29, 0.717) is 34.6 Å². The molecule has 0 spiro atoms. The number of fused-ring (bicyclic) bond motifs is 1. The zero-order valence-corrected chi connectivity index (χ0v) is 16.5. The van der Waals surface area contributed by atoms with E-state index >= 15 is 0 Å². The molecule has 0 saturated heterocycles. The highest BCUT2D eigenvalue weighted by atomic mass is 32.2. The van der Waals surface area contributed by atoms with Gasteiger partial charge in [0.1, 0.15) is 18.1 Å². The van der Waals surface area contributed by atoms with Gasteiger partial charge in [-0.05, 0) is 31.2 Å². The van der Waals surface area contributed by atoms with E-state index < -0.39 is 0 Å². The normalized spacial score (nSPS) is 13.1. The molecule has 8 heteroatoms. The van der Waals surface area contributed by atoms with Gasteiger partial charge in [-0.1, -0.05) is 35.5 Å². The van der Waals surface area contributed by atoms with E-state index in [9.17, 15) is 4.79 Å². The van der Waals surface area contributed by atoms with E-state index in [0.717, 1.165) is 11.3 Å². The van der Waals surface area contributed by atoms with Gasteiger partial charge in [-0.3, -0.25) is 4.79 Å². The molecule has 4 rings (SSSR count). The maximum atomic E-state index is 13.1. The van der Waals surface area contributed by atoms with Crippen molar-refractivity contribution >= 4 is 17.7 Å². The van der Waals surface area contributed by atoms with Gasteiger partial charge in [0.15, 0.2) is 5.82 Å². The lowest BCUT2D eigenvalue weighted by molar-refractivity contribution is 0.0952. The van der Waals surface area contributed by atoms with E-state index in [1.165, 1.54) is 0 Å². The zero-order valence-electron chi connectivity index (χ0n) is 15.7. The molecule has 0 N–H and O–H groups in total. The van der Waals surface area contributed by atoms with Crippen molar-refractivity contribution in [1.82, 2.24) is 14.9 Å². The summed E-state index contributed by atoms with van der Waals surface area (Å²) in [5.41, 5.74) is 1.69. The monoisotopic (exact) mass is 396 g/mol. The number of aryl methyl sites for hydroxylation is 1. The van der Waals surface area contributed by atoms with Crippen LogP contribution in [0.1, 0.15) is 21.7 Å². The minimum Gasteiger partial charge on any atom is -0.497 e. The molecule has 2 heterocycles. The van der Waals surface area contributed by atoms with E-state index in [-0.39, 0.29) is 12.5 Å². The third kappa shape index (κ3) is 3.68. The minimum atomic E-state index is -0.0762. The van der Waals surface area contributed by atoms with Crippen LogP contribution in [-0.2, 0) is 6.61 Å². The Kier molecular flexibility index (Phi) is 5.21. The first-order valence-corrected chi connectivity index (χ1v) is 9.87. The molecule has 0 aliphatic carbocycles. The number of thioether (sulfide) groups is 1. The average molecular weight is 396 g/mol. The molecule has 28 heavy (non-hydrogen) atoms. The fourth-order valence-electron chi connectivity index (χ4n) is 3.00. The molecular formula is C20H20N4O3S. The predicted octanol–water partition coefficient (Wildman–Crippen LogP) is 3.06. The second-order valence-electron chi connectivity index (χ2n) is 6.32. The van der Waals surface area contributed by atoms with Crippen LogP contribution in [0.4, 0.5) is 0 Å². The summed E-state index contributed by atoms with van der Waals surface area (Å²) in [6, 6.07) is 14.9. The summed E-state index contributed by atoms with van der Waals surface area (Å²) in [7, 11) is 1.61. The van der Waals surface area contributed by atoms with Crippen LogP contribution in [0.15, 0.2) is 53.7 Å². The molecule has 0 fully saturated rings. The molecule has 0 bridgehead atoms. The third-order valence-electron chi connectivity index (χ3n) is 4.36. The van der Waals surface area contributed by atoms with E-state index in [1.807, 2.05) is 49.4 Å². The highest BCUT2D eigenvalue weighted by Gasteiger charge is 2.28. The van der Waals surface area contributed by atoms with E-state index in [4.69, 9.17) is 9.47 Å². The van der Waals surface area contributed by atoms with Crippen molar-refractivity contribution in [2.45, 2.75) is 18.7 Å². The topological polar surface area (TPSA) is 69.5 Å². The summed E-state index contributed by atoms with van der Waals surface area (Å²) in [4.78, 5) is 13.1. The van der Waals surface area contributed by atoms with Gasteiger partial charge in [0, 0.05) is 17.4 Å². The molecule has 0 unspecified atom stereocenters. The zero-order chi connectivity index (χ0) is 19.5. The van der Waals surface area contributed by atoms with Crippen molar-refractivity contribution in [2.75, 3.05) is 24.4 Å². The van der Waals surface area contributed by atoms with Crippen LogP contribution < -0.4 is 14.5 Å². The molecule has 0 atom stereocenters. The van der Waals surface area contributed by atoms with E-state index in [1.54, 1.807) is 34.6 Å². The van der Waals surface area contributed by atoms with Crippen molar-refractivity contribution < 1.29 is 14.3 Å². The largest absolute Gasteiger partial charge is 0.497 e. The molecule has 1 aromatic heterocycles. The Morgan fingerprint density at radius 3 is 2.79 bits per heavy atom. The van der Waals surface area contributed by atoms with Crippen molar-refractivity contribution in [3.8, 4) is 11.5 Å². The number of carbonyl (C=O) groups excluding carboxylic acids is 1. The van der Waals surface area contributed by atoms with Gasteiger partial charge in [-0.2, -0.15) is 0 Å². The van der Waals surface area contributed by atoms with Crippen LogP contribution in [0, 0.1) is 6.92 Å². The number of nitrogens with zero attached hydrogens (tertiary/aromatic N) is 4. The van der Waals surface area contributed by atoms with Gasteiger partial charge in [0.2, 0.25) is 5.16 Å². The number of ether oxygens (including phenoxy) is 2. The van der Waals surface area contributed by atoms with Crippen LogP contribution in [-0.4, -0.2) is 40.2 Å². The van der Waals surface area contributed by atoms with Gasteiger partial charge in [-0.15, -0.1) is 10.2 Å². The Balaban J connectivity index is 1.58. The van der Waals surface area contributed by atoms with Crippen LogP contribution in [0.5, 0.6) is 11.5 Å². The Labute approximate surface area is 167 Å². The number of methoxy groups -OCH3 is 1. The lowest BCUT2D eigenvalue weighted by Crippen LogP contribution is -2.45. The smallest absolute Gasteiger partial charge is 0.272 e. The Hall–Kier alpha value is -3.00. The van der Waals surface area contributed by atoms with Gasteiger partial charge in [0.25, 0.3) is 5.91 Å². The highest BCUT2D eigenvalue weighted by molar-refractivity contribution is 7.99. The summed E-state index contributed by atoms with van der Waals surface area (Å²) in [6.45, 7) is 2.74. The van der Waals surface area contributed by atoms with E-state index in [2.05, 4.69) is 10.2 Å². The first kappa shape index (κ1) is 18.4. The first-order valence-electron chi connectivity index (χ1n) is 8.88. The SMILES string of the molecule is COc1cccc(OCc2nnc3n2N(C(=O)c2cccc(C)c2)CCS3)c1. The molecule has 0 radical (unpaired) electrons. The van der Waals surface area contributed by atoms with Gasteiger partial charge < -0.3 is 9.47 Å². The minimum absolute atomic E-state index is 0.0762. The fraction of sp³-hybridized carbons (Fsp3) is 0.250. The molecule has 0 saturated carbocycles. The number of carbonyl (C=O) groups is 1. The molecular weight excluding hydrogens is 376 g/mol. The molecule has 1 aliphatic heterocycles. The summed E-state index contributed by atoms with van der Waals surface area (Å²) in [6.07, 6.45) is 0. The van der Waals surface area contributed by atoms with Crippen LogP contribution in [0.25, 0.3) is 0 Å². The predicted molar refractivity (Wildman–Crippen MR) is 107 cm³/mol. The van der Waals surface area contributed by atoms with Crippen LogP contribution in [0.2, 0.25) is 0 Å². The maximum absolute atomic E-state index is 13.1. The molecule has 1 aliphatic rings. The van der Waals surface area contributed by atoms with Crippen molar-refractivity contribution in [3.63, 3.8) is 0 Å². The second kappa shape index (κ2) is 7.93. The van der Waals surface area contributed by atoms with Crippen molar-refractivity contribution in [3.05, 3.63) is 65.5 Å². The number of hydrogen-bond donors (Lipinski definition) is 0. The molecule has 2 aromatic carbocycles. The lowest BCUT2D eigenvalue weighted by atomic mass is 10.1. The fourth-order valence-corrected chi connectivity index (χ4v) is 3.87. The standard InChI is InChI=1S/C20H20N4O3S/c1-14-5-3-6-15(11-14)19(25)23-9-10-28-20-22-21-18(24(20)23)13-27-17-8-4-7-16(12-17)26-2/h3-8,11-12H,9-10,13H2,1-2H3. The third-order valence-corrected chi connectivity index (χ3v) is 5.26. The van der Waals surface area contributed by atoms with Crippen LogP contribution in [0.3, 0.4) is 0 Å². The van der Waals surface area contributed by atoms with Gasteiger partial charge >= 0.3 is 0 Å². The number of benzene rings is 2. The second-order valence-corrected chi connectivity index (χ2v) is 7.39. The average Bonchev–Trinajstić information content (AvgIpc) is 3.15. The number of rotatable bonds is 5. The van der Waals surface area contributed by atoms with Gasteiger partial charge in [0.05, 0.1) is 13.7 Å².